The predicted octanol–water partition coefficient (Wildman–Crippen LogP) is 3.77. The van der Waals surface area contributed by atoms with E-state index in [1.165, 1.54) is 64.2 Å². The minimum Gasteiger partial charge on any atom is -0.377 e. The molecule has 0 fully saturated rings. The largest absolute Gasteiger partial charge is 0.377 e. The highest BCUT2D eigenvalue weighted by atomic mass is 16.5. The number of hydrogen-bond acceptors (Lipinski definition) is 5. The average molecular weight is 411 g/mol. The first kappa shape index (κ1) is 25.5. The lowest BCUT2D eigenvalue weighted by molar-refractivity contribution is -0.121. The topological polar surface area (TPSA) is 113 Å². The lowest BCUT2D eigenvalue weighted by Crippen LogP contribution is -2.27. The third-order valence-corrected chi connectivity index (χ3v) is 5.00. The number of rotatable bonds is 21. The molecule has 0 unspecified atom stereocenters. The molecule has 1 heterocycles. The summed E-state index contributed by atoms with van der Waals surface area (Å²) in [6.45, 7) is 0.923. The second kappa shape index (κ2) is 19.8. The summed E-state index contributed by atoms with van der Waals surface area (Å²) in [4.78, 5) is 11.6. The van der Waals surface area contributed by atoms with Crippen LogP contribution in [0, 0.1) is 0 Å². The molecular formula is C21H40N5O3. The van der Waals surface area contributed by atoms with Crippen LogP contribution in [0.5, 0.6) is 0 Å². The summed E-state index contributed by atoms with van der Waals surface area (Å²) in [7, 11) is 0. The molecule has 0 bridgehead atoms. The third-order valence-electron chi connectivity index (χ3n) is 5.00. The number of ether oxygens (including phenoxy) is 1. The number of amides is 1. The average Bonchev–Trinajstić information content (AvgIpc) is 3.24. The maximum atomic E-state index is 11.6. The first-order valence-corrected chi connectivity index (χ1v) is 11.5. The summed E-state index contributed by atoms with van der Waals surface area (Å²) in [5, 5.41) is 26.9. The highest BCUT2D eigenvalue weighted by molar-refractivity contribution is 5.75. The number of aryl methyl sites for hydroxylation is 1. The van der Waals surface area contributed by atoms with Gasteiger partial charge < -0.3 is 10.1 Å². The lowest BCUT2D eigenvalue weighted by atomic mass is 10.0. The normalized spacial score (nSPS) is 11.1. The molecule has 1 radical (unpaired) electrons. The number of carbonyl (C=O) groups is 1. The van der Waals surface area contributed by atoms with Crippen LogP contribution in [0.3, 0.4) is 0 Å². The van der Waals surface area contributed by atoms with Gasteiger partial charge in [-0.3, -0.25) is 4.79 Å². The second-order valence-electron chi connectivity index (χ2n) is 7.61. The number of nitrogens with zero attached hydrogens (tertiary/aromatic N) is 3. The van der Waals surface area contributed by atoms with Crippen molar-refractivity contribution < 1.29 is 14.6 Å². The van der Waals surface area contributed by atoms with E-state index in [1.807, 2.05) is 0 Å². The number of nitrogens with one attached hydrogen (secondary N) is 2. The van der Waals surface area contributed by atoms with Gasteiger partial charge in [0.2, 0.25) is 5.91 Å². The zero-order chi connectivity index (χ0) is 20.8. The van der Waals surface area contributed by atoms with Gasteiger partial charge in [0.25, 0.3) is 0 Å². The van der Waals surface area contributed by atoms with Gasteiger partial charge in [-0.25, -0.2) is 10.2 Å². The summed E-state index contributed by atoms with van der Waals surface area (Å²) >= 11 is 0. The van der Waals surface area contributed by atoms with Crippen LogP contribution in [0.2, 0.25) is 0 Å². The van der Waals surface area contributed by atoms with Crippen LogP contribution in [0.15, 0.2) is 0 Å². The fourth-order valence-corrected chi connectivity index (χ4v) is 3.32. The molecule has 2 N–H and O–H groups in total. The Bertz CT molecular complexity index is 471. The van der Waals surface area contributed by atoms with Crippen LogP contribution in [-0.2, 0) is 21.1 Å². The summed E-state index contributed by atoms with van der Waals surface area (Å²) in [6.07, 6.45) is 17.9. The van der Waals surface area contributed by atoms with Crippen molar-refractivity contribution in [3.05, 3.63) is 5.82 Å². The van der Waals surface area contributed by atoms with E-state index in [0.29, 0.717) is 19.6 Å². The zero-order valence-corrected chi connectivity index (χ0v) is 18.0. The Morgan fingerprint density at radius 3 is 1.97 bits per heavy atom. The zero-order valence-electron chi connectivity index (χ0n) is 18.0. The molecule has 0 aliphatic rings. The van der Waals surface area contributed by atoms with E-state index in [9.17, 15) is 9.90 Å². The van der Waals surface area contributed by atoms with Crippen molar-refractivity contribution in [1.29, 1.82) is 0 Å². The van der Waals surface area contributed by atoms with E-state index in [0.717, 1.165) is 31.5 Å². The summed E-state index contributed by atoms with van der Waals surface area (Å²) in [5.41, 5.74) is 0. The van der Waals surface area contributed by atoms with Crippen LogP contribution >= 0.6 is 0 Å². The van der Waals surface area contributed by atoms with Crippen LogP contribution in [0.25, 0.3) is 0 Å². The van der Waals surface area contributed by atoms with Crippen molar-refractivity contribution >= 4 is 5.91 Å². The predicted molar refractivity (Wildman–Crippen MR) is 112 cm³/mol. The van der Waals surface area contributed by atoms with Gasteiger partial charge in [-0.2, -0.15) is 0 Å². The second-order valence-corrected chi connectivity index (χ2v) is 7.61. The molecule has 1 aromatic heterocycles. The van der Waals surface area contributed by atoms with E-state index in [4.69, 9.17) is 4.74 Å². The molecule has 1 amide bonds. The van der Waals surface area contributed by atoms with Crippen molar-refractivity contribution in [2.24, 2.45) is 0 Å². The smallest absolute Gasteiger partial charge is 0.220 e. The third kappa shape index (κ3) is 17.1. The van der Waals surface area contributed by atoms with Gasteiger partial charge in [0.1, 0.15) is 12.4 Å². The standard InChI is InChI=1S/C21H40N5O3/c27-17-19-29-18-16-22-21(28)15-13-11-9-7-5-3-1-2-4-6-8-10-12-14-20-23-25-26-24-20/h1-19H2,(H,22,28)(H,23,24,25,26). The van der Waals surface area contributed by atoms with Crippen LogP contribution in [0.1, 0.15) is 95.7 Å². The van der Waals surface area contributed by atoms with Crippen LogP contribution in [-0.4, -0.2) is 52.9 Å². The van der Waals surface area contributed by atoms with E-state index < -0.39 is 0 Å². The molecule has 8 heteroatoms. The van der Waals surface area contributed by atoms with Crippen molar-refractivity contribution in [3.8, 4) is 0 Å². The highest BCUT2D eigenvalue weighted by Crippen LogP contribution is 2.13. The van der Waals surface area contributed by atoms with Crippen molar-refractivity contribution in [2.75, 3.05) is 26.4 Å². The van der Waals surface area contributed by atoms with Crippen LogP contribution < -0.4 is 5.32 Å². The maximum absolute atomic E-state index is 11.6. The summed E-state index contributed by atoms with van der Waals surface area (Å²) in [6, 6.07) is 0. The van der Waals surface area contributed by atoms with Gasteiger partial charge in [-0.1, -0.05) is 70.6 Å². The number of H-pyrrole nitrogens is 1. The molecule has 0 aliphatic heterocycles. The van der Waals surface area contributed by atoms with Gasteiger partial charge in [-0.15, -0.1) is 5.10 Å². The quantitative estimate of drug-likeness (QED) is 0.300. The Kier molecular flexibility index (Phi) is 17.4. The Morgan fingerprint density at radius 1 is 0.828 bits per heavy atom. The Labute approximate surface area is 175 Å². The van der Waals surface area contributed by atoms with Gasteiger partial charge in [0.15, 0.2) is 0 Å². The Morgan fingerprint density at radius 2 is 1.41 bits per heavy atom. The van der Waals surface area contributed by atoms with Gasteiger partial charge in [0.05, 0.1) is 13.2 Å². The molecule has 1 aromatic rings. The van der Waals surface area contributed by atoms with E-state index in [1.54, 1.807) is 0 Å². The van der Waals surface area contributed by atoms with Crippen molar-refractivity contribution in [1.82, 2.24) is 25.9 Å². The molecule has 167 valence electrons. The first-order chi connectivity index (χ1) is 14.3. The molecule has 0 spiro atoms. The molecular weight excluding hydrogens is 370 g/mol. The molecule has 0 saturated heterocycles. The number of unbranched alkanes of at least 4 members (excludes halogenated alkanes) is 12. The van der Waals surface area contributed by atoms with E-state index in [-0.39, 0.29) is 19.1 Å². The summed E-state index contributed by atoms with van der Waals surface area (Å²) < 4.78 is 5.04. The molecule has 0 aromatic carbocycles. The van der Waals surface area contributed by atoms with Crippen molar-refractivity contribution in [3.63, 3.8) is 0 Å². The highest BCUT2D eigenvalue weighted by Gasteiger charge is 2.01. The maximum Gasteiger partial charge on any atom is 0.220 e. The van der Waals surface area contributed by atoms with Gasteiger partial charge >= 0.3 is 0 Å². The summed E-state index contributed by atoms with van der Waals surface area (Å²) in [5.74, 6) is 0.984. The fourth-order valence-electron chi connectivity index (χ4n) is 3.32. The van der Waals surface area contributed by atoms with Gasteiger partial charge in [0, 0.05) is 19.4 Å². The minimum atomic E-state index is -0.224. The Balaban J connectivity index is 1.70. The monoisotopic (exact) mass is 410 g/mol. The molecule has 1 rings (SSSR count). The SMILES string of the molecule is [O]CCOCCNC(=O)CCCCCCCCCCCCCCCc1nnn[nH]1. The number of tetrazole rings is 1. The van der Waals surface area contributed by atoms with Crippen molar-refractivity contribution in [2.45, 2.75) is 96.3 Å². The molecule has 0 aliphatic carbocycles. The molecule has 29 heavy (non-hydrogen) atoms. The number of hydrogen-bond donors (Lipinski definition) is 2. The fraction of sp³-hybridized carbons (Fsp3) is 0.905. The van der Waals surface area contributed by atoms with E-state index >= 15 is 0 Å². The number of aromatic amines is 1. The lowest BCUT2D eigenvalue weighted by Gasteiger charge is -2.06. The minimum absolute atomic E-state index is 0.0886. The number of carbonyl (C=O) groups excluding carboxylic acids is 1. The number of aromatic nitrogens is 4. The Hall–Kier alpha value is -1.54. The van der Waals surface area contributed by atoms with Gasteiger partial charge in [-0.05, 0) is 23.3 Å². The molecule has 8 nitrogen and oxygen atoms in total. The first-order valence-electron chi connectivity index (χ1n) is 11.5. The molecule has 0 atom stereocenters. The van der Waals surface area contributed by atoms with Crippen LogP contribution in [0.4, 0.5) is 0 Å². The van der Waals surface area contributed by atoms with E-state index in [2.05, 4.69) is 25.9 Å². The molecule has 0 saturated carbocycles.